The molecule has 8 heteroatoms. The number of amides is 2. The van der Waals surface area contributed by atoms with Gasteiger partial charge in [-0.1, -0.05) is 6.07 Å². The highest BCUT2D eigenvalue weighted by Crippen LogP contribution is 2.50. The first kappa shape index (κ1) is 20.1. The van der Waals surface area contributed by atoms with Crippen LogP contribution in [0.1, 0.15) is 32.4 Å². The van der Waals surface area contributed by atoms with Crippen LogP contribution in [0.3, 0.4) is 0 Å². The fourth-order valence-electron chi connectivity index (χ4n) is 4.32. The molecule has 28 heavy (non-hydrogen) atoms. The minimum atomic E-state index is -1.31. The molecule has 1 aromatic carbocycles. The lowest BCUT2D eigenvalue weighted by molar-refractivity contribution is -0.155. The van der Waals surface area contributed by atoms with E-state index in [1.165, 1.54) is 12.0 Å². The highest BCUT2D eigenvalue weighted by Gasteiger charge is 2.67. The summed E-state index contributed by atoms with van der Waals surface area (Å²) in [5, 5.41) is 3.22. The zero-order valence-corrected chi connectivity index (χ0v) is 16.8. The van der Waals surface area contributed by atoms with Crippen LogP contribution >= 0.6 is 0 Å². The van der Waals surface area contributed by atoms with Crippen LogP contribution in [0.2, 0.25) is 0 Å². The number of ether oxygens (including phenoxy) is 3. The number of likely N-dealkylation sites (tertiary alicyclic amines) is 1. The fraction of sp³-hybridized carbons (Fsp3) is 0.550. The van der Waals surface area contributed by atoms with Crippen LogP contribution in [0.25, 0.3) is 0 Å². The van der Waals surface area contributed by atoms with Gasteiger partial charge in [0, 0.05) is 24.2 Å². The largest absolute Gasteiger partial charge is 0.497 e. The fourth-order valence-corrected chi connectivity index (χ4v) is 4.32. The average Bonchev–Trinajstić information content (AvgIpc) is 3.15. The van der Waals surface area contributed by atoms with Crippen molar-refractivity contribution >= 4 is 17.8 Å². The quantitative estimate of drug-likeness (QED) is 0.578. The van der Waals surface area contributed by atoms with Gasteiger partial charge in [0.2, 0.25) is 11.8 Å². The molecule has 0 spiro atoms. The number of hydrogen-bond donors (Lipinski definition) is 1. The SMILES string of the molecule is CCOC(=O)[C@]1(C)N[C@@H](c2ccc(OC)cc2OC)[C@H]2C(=O)N(CC)C(=O)[C@H]21. The van der Waals surface area contributed by atoms with Gasteiger partial charge >= 0.3 is 5.97 Å². The van der Waals surface area contributed by atoms with E-state index >= 15 is 0 Å². The van der Waals surface area contributed by atoms with Crippen LogP contribution in [0.5, 0.6) is 11.5 Å². The molecule has 2 amide bonds. The van der Waals surface area contributed by atoms with Crippen molar-refractivity contribution in [1.29, 1.82) is 0 Å². The maximum atomic E-state index is 13.1. The number of nitrogens with one attached hydrogen (secondary N) is 1. The number of imide groups is 1. The molecule has 1 aromatic rings. The van der Waals surface area contributed by atoms with Gasteiger partial charge in [-0.2, -0.15) is 0 Å². The van der Waals surface area contributed by atoms with Crippen LogP contribution < -0.4 is 14.8 Å². The summed E-state index contributed by atoms with van der Waals surface area (Å²) in [6.07, 6.45) is 0. The van der Waals surface area contributed by atoms with Crippen molar-refractivity contribution in [2.24, 2.45) is 11.8 Å². The Labute approximate surface area is 164 Å². The van der Waals surface area contributed by atoms with Crippen molar-refractivity contribution in [3.8, 4) is 11.5 Å². The molecular weight excluding hydrogens is 364 g/mol. The first-order valence-corrected chi connectivity index (χ1v) is 9.36. The monoisotopic (exact) mass is 390 g/mol. The predicted molar refractivity (Wildman–Crippen MR) is 99.8 cm³/mol. The Bertz CT molecular complexity index is 810. The van der Waals surface area contributed by atoms with Gasteiger partial charge in [0.05, 0.1) is 32.7 Å². The van der Waals surface area contributed by atoms with E-state index in [1.807, 2.05) is 0 Å². The summed E-state index contributed by atoms with van der Waals surface area (Å²) in [5.41, 5.74) is -0.627. The third-order valence-electron chi connectivity index (χ3n) is 5.67. The summed E-state index contributed by atoms with van der Waals surface area (Å²) in [6, 6.07) is 4.68. The standard InChI is InChI=1S/C20H26N2O6/c1-6-22-17(23)14-15(18(22)24)20(3,19(25)28-7-2)21-16(14)12-9-8-11(26-4)10-13(12)27-5/h8-10,14-16,21H,6-7H2,1-5H3/t14-,15-,16-,20+/m0/s1. The van der Waals surface area contributed by atoms with Crippen molar-refractivity contribution in [2.45, 2.75) is 32.4 Å². The lowest BCUT2D eigenvalue weighted by atomic mass is 9.80. The zero-order valence-electron chi connectivity index (χ0n) is 16.8. The number of fused-ring (bicyclic) bond motifs is 1. The Morgan fingerprint density at radius 2 is 1.89 bits per heavy atom. The number of rotatable bonds is 6. The minimum Gasteiger partial charge on any atom is -0.497 e. The van der Waals surface area contributed by atoms with Gasteiger partial charge in [-0.25, -0.2) is 0 Å². The molecule has 1 N–H and O–H groups in total. The Hall–Kier alpha value is -2.61. The third kappa shape index (κ3) is 2.83. The molecule has 2 saturated heterocycles. The number of benzene rings is 1. The van der Waals surface area contributed by atoms with E-state index in [4.69, 9.17) is 14.2 Å². The van der Waals surface area contributed by atoms with Gasteiger partial charge in [-0.15, -0.1) is 0 Å². The van der Waals surface area contributed by atoms with Gasteiger partial charge < -0.3 is 14.2 Å². The summed E-state index contributed by atoms with van der Waals surface area (Å²) in [4.78, 5) is 40.0. The van der Waals surface area contributed by atoms with Gasteiger partial charge in [0.25, 0.3) is 0 Å². The molecule has 0 aliphatic carbocycles. The first-order chi connectivity index (χ1) is 13.3. The second kappa shape index (κ2) is 7.43. The van der Waals surface area contributed by atoms with Crippen LogP contribution in [-0.2, 0) is 19.1 Å². The van der Waals surface area contributed by atoms with Gasteiger partial charge in [0.1, 0.15) is 17.0 Å². The lowest BCUT2D eigenvalue weighted by Crippen LogP contribution is -2.54. The van der Waals surface area contributed by atoms with Crippen molar-refractivity contribution in [1.82, 2.24) is 10.2 Å². The predicted octanol–water partition coefficient (Wildman–Crippen LogP) is 1.29. The second-order valence-corrected chi connectivity index (χ2v) is 7.08. The lowest BCUT2D eigenvalue weighted by Gasteiger charge is -2.29. The number of esters is 1. The Balaban J connectivity index is 2.12. The van der Waals surface area contributed by atoms with Crippen molar-refractivity contribution in [3.05, 3.63) is 23.8 Å². The number of hydrogen-bond acceptors (Lipinski definition) is 7. The topological polar surface area (TPSA) is 94.2 Å². The molecule has 0 unspecified atom stereocenters. The normalized spacial score (nSPS) is 29.0. The molecule has 2 aliphatic heterocycles. The molecule has 0 bridgehead atoms. The summed E-state index contributed by atoms with van der Waals surface area (Å²) in [5.74, 6) is -1.62. The number of methoxy groups -OCH3 is 2. The molecule has 152 valence electrons. The second-order valence-electron chi connectivity index (χ2n) is 7.08. The molecule has 4 atom stereocenters. The molecule has 0 aromatic heterocycles. The highest BCUT2D eigenvalue weighted by atomic mass is 16.5. The highest BCUT2D eigenvalue weighted by molar-refractivity contribution is 6.09. The van der Waals surface area contributed by atoms with Crippen molar-refractivity contribution < 1.29 is 28.6 Å². The Kier molecular flexibility index (Phi) is 5.34. The molecule has 8 nitrogen and oxygen atoms in total. The summed E-state index contributed by atoms with van der Waals surface area (Å²) < 4.78 is 16.0. The number of carbonyl (C=O) groups excluding carboxylic acids is 3. The van der Waals surface area contributed by atoms with E-state index in [1.54, 1.807) is 46.1 Å². The van der Waals surface area contributed by atoms with Crippen LogP contribution in [0.4, 0.5) is 0 Å². The van der Waals surface area contributed by atoms with Crippen LogP contribution in [0, 0.1) is 11.8 Å². The van der Waals surface area contributed by atoms with Crippen molar-refractivity contribution in [2.75, 3.05) is 27.4 Å². The Morgan fingerprint density at radius 3 is 2.46 bits per heavy atom. The molecule has 2 fully saturated rings. The smallest absolute Gasteiger partial charge is 0.326 e. The maximum absolute atomic E-state index is 13.1. The maximum Gasteiger partial charge on any atom is 0.326 e. The summed E-state index contributed by atoms with van der Waals surface area (Å²) >= 11 is 0. The molecule has 3 rings (SSSR count). The van der Waals surface area contributed by atoms with E-state index in [-0.39, 0.29) is 25.0 Å². The zero-order chi connectivity index (χ0) is 20.6. The van der Waals surface area contributed by atoms with E-state index in [0.29, 0.717) is 17.1 Å². The van der Waals surface area contributed by atoms with Gasteiger partial charge in [-0.05, 0) is 26.8 Å². The number of nitrogens with zero attached hydrogens (tertiary/aromatic N) is 1. The van der Waals surface area contributed by atoms with Crippen LogP contribution in [0.15, 0.2) is 18.2 Å². The van der Waals surface area contributed by atoms with Crippen LogP contribution in [-0.4, -0.2) is 55.6 Å². The average molecular weight is 390 g/mol. The van der Waals surface area contributed by atoms with E-state index < -0.39 is 29.4 Å². The summed E-state index contributed by atoms with van der Waals surface area (Å²) in [6.45, 7) is 5.52. The Morgan fingerprint density at radius 1 is 1.18 bits per heavy atom. The van der Waals surface area contributed by atoms with Crippen molar-refractivity contribution in [3.63, 3.8) is 0 Å². The minimum absolute atomic E-state index is 0.184. The van der Waals surface area contributed by atoms with E-state index in [0.717, 1.165) is 0 Å². The van der Waals surface area contributed by atoms with Gasteiger partial charge in [0.15, 0.2) is 0 Å². The first-order valence-electron chi connectivity index (χ1n) is 9.36. The van der Waals surface area contributed by atoms with Gasteiger partial charge in [-0.3, -0.25) is 24.6 Å². The molecule has 2 aliphatic rings. The van der Waals surface area contributed by atoms with E-state index in [9.17, 15) is 14.4 Å². The number of carbonyl (C=O) groups is 3. The van der Waals surface area contributed by atoms with E-state index in [2.05, 4.69) is 5.32 Å². The summed E-state index contributed by atoms with van der Waals surface area (Å²) in [7, 11) is 3.07. The third-order valence-corrected chi connectivity index (χ3v) is 5.67. The molecular formula is C20H26N2O6. The molecule has 2 heterocycles. The molecule has 0 saturated carbocycles. The molecule has 0 radical (unpaired) electrons.